The SMILES string of the molecule is CCCCc1c(C)ccc(P(O)(O)(O)CCCC)c1C(C)(C)C. The molecule has 0 heterocycles. The van der Waals surface area contributed by atoms with Crippen molar-refractivity contribution in [1.29, 1.82) is 0 Å². The molecule has 4 heteroatoms. The second kappa shape index (κ2) is 7.19. The monoisotopic (exact) mass is 342 g/mol. The molecule has 0 aliphatic rings. The fourth-order valence-corrected chi connectivity index (χ4v) is 5.65. The van der Waals surface area contributed by atoms with Crippen LogP contribution in [0.5, 0.6) is 0 Å². The quantitative estimate of drug-likeness (QED) is 0.646. The van der Waals surface area contributed by atoms with Gasteiger partial charge in [0.15, 0.2) is 0 Å². The van der Waals surface area contributed by atoms with E-state index in [9.17, 15) is 14.7 Å². The molecule has 0 amide bonds. The van der Waals surface area contributed by atoms with Crippen LogP contribution in [0.4, 0.5) is 0 Å². The maximum atomic E-state index is 10.8. The number of unbranched alkanes of at least 4 members (excludes halogenated alkanes) is 2. The van der Waals surface area contributed by atoms with Gasteiger partial charge in [0, 0.05) is 0 Å². The number of aryl methyl sites for hydroxylation is 1. The molecule has 0 saturated heterocycles. The van der Waals surface area contributed by atoms with Crippen molar-refractivity contribution < 1.29 is 14.7 Å². The zero-order valence-electron chi connectivity index (χ0n) is 15.7. The minimum atomic E-state index is -4.83. The van der Waals surface area contributed by atoms with Gasteiger partial charge in [-0.2, -0.15) is 0 Å². The number of rotatable bonds is 7. The summed E-state index contributed by atoms with van der Waals surface area (Å²) in [6, 6.07) is 3.66. The van der Waals surface area contributed by atoms with Crippen molar-refractivity contribution in [3.8, 4) is 0 Å². The van der Waals surface area contributed by atoms with Gasteiger partial charge in [0.2, 0.25) is 0 Å². The van der Waals surface area contributed by atoms with Crippen LogP contribution in [0.1, 0.15) is 77.0 Å². The molecule has 23 heavy (non-hydrogen) atoms. The molecule has 1 rings (SSSR count). The van der Waals surface area contributed by atoms with Gasteiger partial charge < -0.3 is 0 Å². The summed E-state index contributed by atoms with van der Waals surface area (Å²) in [5.74, 6) is 0. The molecule has 0 spiro atoms. The summed E-state index contributed by atoms with van der Waals surface area (Å²) in [5.41, 5.74) is 3.00. The minimum absolute atomic E-state index is 0.0431. The molecule has 0 saturated carbocycles. The zero-order valence-corrected chi connectivity index (χ0v) is 16.6. The van der Waals surface area contributed by atoms with E-state index in [0.717, 1.165) is 36.8 Å². The number of hydrogen-bond acceptors (Lipinski definition) is 3. The summed E-state index contributed by atoms with van der Waals surface area (Å²) in [4.78, 5) is 32.4. The second-order valence-electron chi connectivity index (χ2n) is 7.84. The molecule has 0 aliphatic heterocycles. The van der Waals surface area contributed by atoms with E-state index in [1.807, 2.05) is 13.0 Å². The first-order valence-corrected chi connectivity index (χ1v) is 11.1. The molecule has 0 atom stereocenters. The van der Waals surface area contributed by atoms with Crippen molar-refractivity contribution in [3.05, 3.63) is 28.8 Å². The fraction of sp³-hybridized carbons (Fsp3) is 0.684. The third kappa shape index (κ3) is 5.00. The van der Waals surface area contributed by atoms with Gasteiger partial charge in [-0.1, -0.05) is 0 Å². The van der Waals surface area contributed by atoms with Crippen LogP contribution in [0, 0.1) is 6.92 Å². The fourth-order valence-electron chi connectivity index (χ4n) is 3.20. The summed E-state index contributed by atoms with van der Waals surface area (Å²) >= 11 is 0. The van der Waals surface area contributed by atoms with E-state index in [4.69, 9.17) is 0 Å². The van der Waals surface area contributed by atoms with E-state index < -0.39 is 7.28 Å². The molecule has 0 bridgehead atoms. The summed E-state index contributed by atoms with van der Waals surface area (Å²) in [6.07, 6.45) is 4.51. The molecule has 0 radical (unpaired) electrons. The average molecular weight is 342 g/mol. The van der Waals surface area contributed by atoms with E-state index in [0.29, 0.717) is 11.7 Å². The Morgan fingerprint density at radius 3 is 2.00 bits per heavy atom. The van der Waals surface area contributed by atoms with Crippen LogP contribution >= 0.6 is 7.28 Å². The molecule has 134 valence electrons. The molecular formula is C19H35O3P. The van der Waals surface area contributed by atoms with Crippen LogP contribution < -0.4 is 5.30 Å². The zero-order chi connectivity index (χ0) is 17.9. The Bertz CT molecular complexity index is 536. The third-order valence-corrected chi connectivity index (χ3v) is 6.97. The van der Waals surface area contributed by atoms with E-state index in [2.05, 4.69) is 34.6 Å². The normalized spacial score (nSPS) is 14.6. The van der Waals surface area contributed by atoms with Crippen molar-refractivity contribution in [1.82, 2.24) is 0 Å². The topological polar surface area (TPSA) is 60.7 Å². The van der Waals surface area contributed by atoms with Crippen LogP contribution in [-0.2, 0) is 11.8 Å². The maximum absolute atomic E-state index is 10.8. The Morgan fingerprint density at radius 1 is 0.957 bits per heavy atom. The first-order chi connectivity index (χ1) is 10.4. The predicted molar refractivity (Wildman–Crippen MR) is 101 cm³/mol. The van der Waals surface area contributed by atoms with E-state index in [1.165, 1.54) is 5.56 Å². The van der Waals surface area contributed by atoms with Gasteiger partial charge in [-0.05, 0) is 0 Å². The summed E-state index contributed by atoms with van der Waals surface area (Å²) in [6.45, 7) is 12.4. The standard InChI is InChI=1S/C19H35O3P/c1-7-9-11-16-15(3)12-13-17(18(16)19(4,5)6)23(20,21,22)14-10-8-2/h12-13,20-22H,7-11,14H2,1-6H3. The van der Waals surface area contributed by atoms with Crippen molar-refractivity contribution in [2.24, 2.45) is 0 Å². The Hall–Kier alpha value is -0.470. The van der Waals surface area contributed by atoms with Crippen molar-refractivity contribution in [2.75, 3.05) is 6.16 Å². The number of hydrogen-bond donors (Lipinski definition) is 3. The van der Waals surface area contributed by atoms with Crippen LogP contribution in [0.3, 0.4) is 0 Å². The van der Waals surface area contributed by atoms with Crippen LogP contribution in [0.15, 0.2) is 12.1 Å². The van der Waals surface area contributed by atoms with Crippen LogP contribution in [-0.4, -0.2) is 20.8 Å². The van der Waals surface area contributed by atoms with Gasteiger partial charge in [-0.25, -0.2) is 0 Å². The summed E-state index contributed by atoms with van der Waals surface area (Å²) in [5, 5.41) is 0.369. The molecule has 0 fully saturated rings. The first-order valence-electron chi connectivity index (χ1n) is 8.82. The van der Waals surface area contributed by atoms with Gasteiger partial charge in [0.05, 0.1) is 0 Å². The molecule has 0 aromatic heterocycles. The Labute approximate surface area is 141 Å². The molecular weight excluding hydrogens is 307 g/mol. The predicted octanol–water partition coefficient (Wildman–Crippen LogP) is 4.34. The van der Waals surface area contributed by atoms with Crippen molar-refractivity contribution in [2.45, 2.75) is 79.1 Å². The van der Waals surface area contributed by atoms with Gasteiger partial charge in [-0.15, -0.1) is 0 Å². The third-order valence-electron chi connectivity index (χ3n) is 4.47. The molecule has 3 N–H and O–H groups in total. The molecule has 0 unspecified atom stereocenters. The van der Waals surface area contributed by atoms with Crippen LogP contribution in [0.25, 0.3) is 0 Å². The Balaban J connectivity index is 3.60. The summed E-state index contributed by atoms with van der Waals surface area (Å²) < 4.78 is 0. The molecule has 1 aromatic carbocycles. The first kappa shape index (κ1) is 20.6. The Morgan fingerprint density at radius 2 is 1.52 bits per heavy atom. The van der Waals surface area contributed by atoms with Gasteiger partial charge >= 0.3 is 141 Å². The van der Waals surface area contributed by atoms with E-state index in [-0.39, 0.29) is 11.6 Å². The van der Waals surface area contributed by atoms with Crippen molar-refractivity contribution in [3.63, 3.8) is 0 Å². The Kier molecular flexibility index (Phi) is 6.43. The molecule has 0 aliphatic carbocycles. The summed E-state index contributed by atoms with van der Waals surface area (Å²) in [7, 11) is -4.83. The molecule has 3 nitrogen and oxygen atoms in total. The van der Waals surface area contributed by atoms with Gasteiger partial charge in [-0.3, -0.25) is 0 Å². The second-order valence-corrected chi connectivity index (χ2v) is 11.1. The van der Waals surface area contributed by atoms with Crippen molar-refractivity contribution >= 4 is 12.6 Å². The van der Waals surface area contributed by atoms with Gasteiger partial charge in [0.1, 0.15) is 0 Å². The van der Waals surface area contributed by atoms with E-state index in [1.54, 1.807) is 6.07 Å². The molecule has 1 aromatic rings. The van der Waals surface area contributed by atoms with E-state index >= 15 is 0 Å². The average Bonchev–Trinajstić information content (AvgIpc) is 2.42. The number of benzene rings is 1. The van der Waals surface area contributed by atoms with Crippen LogP contribution in [0.2, 0.25) is 0 Å². The van der Waals surface area contributed by atoms with Gasteiger partial charge in [0.25, 0.3) is 0 Å².